The van der Waals surface area contributed by atoms with Gasteiger partial charge in [0.05, 0.1) is 0 Å². The van der Waals surface area contributed by atoms with Crippen molar-refractivity contribution in [2.24, 2.45) is 0 Å². The van der Waals surface area contributed by atoms with Gasteiger partial charge in [0.25, 0.3) is 0 Å². The number of hydrogen-bond acceptors (Lipinski definition) is 6. The number of aryl methyl sites for hydroxylation is 1. The Kier molecular flexibility index (Phi) is 3.06. The quantitative estimate of drug-likeness (QED) is 0.800. The predicted octanol–water partition coefficient (Wildman–Crippen LogP) is 2.55. The summed E-state index contributed by atoms with van der Waals surface area (Å²) in [6.07, 6.45) is 6.24. The van der Waals surface area contributed by atoms with Gasteiger partial charge in [0.1, 0.15) is 6.33 Å². The smallest absolute Gasteiger partial charge is 0.231 e. The van der Waals surface area contributed by atoms with Crippen molar-refractivity contribution in [3.63, 3.8) is 0 Å². The van der Waals surface area contributed by atoms with Crippen LogP contribution in [0, 0.1) is 0 Å². The molecule has 0 spiro atoms. The Hall–Kier alpha value is -2.37. The largest absolute Gasteiger partial charge is 0.385 e. The van der Waals surface area contributed by atoms with Crippen LogP contribution in [0.5, 0.6) is 0 Å². The van der Waals surface area contributed by atoms with Crippen molar-refractivity contribution in [2.75, 3.05) is 22.5 Å². The molecule has 0 atom stereocenters. The molecule has 6 nitrogen and oxygen atoms in total. The van der Waals surface area contributed by atoms with Gasteiger partial charge in [-0.25, -0.2) is 9.97 Å². The van der Waals surface area contributed by atoms with Crippen LogP contribution in [0.4, 0.5) is 23.3 Å². The van der Waals surface area contributed by atoms with Gasteiger partial charge in [-0.05, 0) is 49.4 Å². The summed E-state index contributed by atoms with van der Waals surface area (Å²) < 4.78 is 0. The van der Waals surface area contributed by atoms with Crippen molar-refractivity contribution in [2.45, 2.75) is 31.7 Å². The minimum absolute atomic E-state index is 0.537. The second kappa shape index (κ2) is 5.20. The molecule has 108 valence electrons. The molecule has 1 fully saturated rings. The van der Waals surface area contributed by atoms with Crippen molar-refractivity contribution in [3.8, 4) is 0 Å². The zero-order valence-electron chi connectivity index (χ0n) is 11.8. The van der Waals surface area contributed by atoms with E-state index in [0.29, 0.717) is 17.9 Å². The maximum Gasteiger partial charge on any atom is 0.231 e. The Balaban J connectivity index is 1.52. The molecule has 0 bridgehead atoms. The van der Waals surface area contributed by atoms with E-state index < -0.39 is 0 Å². The lowest BCUT2D eigenvalue weighted by Gasteiger charge is -2.18. The summed E-state index contributed by atoms with van der Waals surface area (Å²) in [5.74, 6) is 1.23. The summed E-state index contributed by atoms with van der Waals surface area (Å²) in [7, 11) is 0. The van der Waals surface area contributed by atoms with Crippen LogP contribution in [-0.2, 0) is 6.42 Å². The summed E-state index contributed by atoms with van der Waals surface area (Å²) in [5.41, 5.74) is 3.59. The minimum Gasteiger partial charge on any atom is -0.385 e. The van der Waals surface area contributed by atoms with Crippen LogP contribution in [0.15, 0.2) is 24.5 Å². The van der Waals surface area contributed by atoms with Gasteiger partial charge in [-0.3, -0.25) is 0 Å². The number of anilines is 4. The van der Waals surface area contributed by atoms with E-state index in [9.17, 15) is 0 Å². The molecule has 4 rings (SSSR count). The fraction of sp³-hybridized carbons (Fsp3) is 0.400. The minimum atomic E-state index is 0.537. The first-order chi connectivity index (χ1) is 10.4. The molecule has 2 aromatic rings. The van der Waals surface area contributed by atoms with E-state index in [1.807, 2.05) is 0 Å². The van der Waals surface area contributed by atoms with Crippen molar-refractivity contribution in [1.29, 1.82) is 0 Å². The second-order valence-corrected chi connectivity index (χ2v) is 5.58. The number of rotatable bonds is 4. The summed E-state index contributed by atoms with van der Waals surface area (Å²) in [5, 5.41) is 9.95. The third kappa shape index (κ3) is 2.89. The van der Waals surface area contributed by atoms with Gasteiger partial charge >= 0.3 is 0 Å². The summed E-state index contributed by atoms with van der Waals surface area (Å²) in [6, 6.07) is 6.87. The number of aromatic nitrogens is 3. The van der Waals surface area contributed by atoms with Crippen molar-refractivity contribution < 1.29 is 0 Å². The van der Waals surface area contributed by atoms with Gasteiger partial charge in [-0.15, -0.1) is 0 Å². The zero-order valence-corrected chi connectivity index (χ0v) is 11.8. The van der Waals surface area contributed by atoms with E-state index in [1.165, 1.54) is 30.5 Å². The SMILES string of the molecule is c1nc(Nc2ccc3c(c2)CCCN3)nc(NC2CC2)n1. The third-order valence-electron chi connectivity index (χ3n) is 3.78. The molecule has 21 heavy (non-hydrogen) atoms. The highest BCUT2D eigenvalue weighted by Crippen LogP contribution is 2.26. The molecule has 1 aliphatic heterocycles. The Morgan fingerprint density at radius 3 is 2.95 bits per heavy atom. The average molecular weight is 282 g/mol. The predicted molar refractivity (Wildman–Crippen MR) is 83.0 cm³/mol. The molecule has 2 heterocycles. The summed E-state index contributed by atoms with van der Waals surface area (Å²) in [6.45, 7) is 1.06. The molecule has 1 aliphatic carbocycles. The van der Waals surface area contributed by atoms with E-state index in [2.05, 4.69) is 49.1 Å². The molecule has 1 saturated carbocycles. The van der Waals surface area contributed by atoms with Gasteiger partial charge in [0.15, 0.2) is 0 Å². The fourth-order valence-electron chi connectivity index (χ4n) is 2.52. The lowest BCUT2D eigenvalue weighted by molar-refractivity contribution is 0.830. The van der Waals surface area contributed by atoms with Gasteiger partial charge in [0, 0.05) is 24.0 Å². The van der Waals surface area contributed by atoms with E-state index in [-0.39, 0.29) is 0 Å². The Labute approximate surface area is 123 Å². The topological polar surface area (TPSA) is 74.8 Å². The second-order valence-electron chi connectivity index (χ2n) is 5.58. The molecular formula is C15H18N6. The van der Waals surface area contributed by atoms with Crippen LogP contribution in [0.3, 0.4) is 0 Å². The Bertz CT molecular complexity index is 652. The standard InChI is InChI=1S/C15H18N6/c1-2-10-8-12(5-6-13(10)16-7-1)20-15-18-9-17-14(21-15)19-11-3-4-11/h5-6,8-9,11,16H,1-4,7H2,(H2,17,18,19,20,21). The molecule has 0 unspecified atom stereocenters. The maximum atomic E-state index is 4.40. The maximum absolute atomic E-state index is 4.40. The molecule has 1 aromatic carbocycles. The molecular weight excluding hydrogens is 264 g/mol. The summed E-state index contributed by atoms with van der Waals surface area (Å²) >= 11 is 0. The number of nitrogens with one attached hydrogen (secondary N) is 3. The first-order valence-corrected chi connectivity index (χ1v) is 7.46. The highest BCUT2D eigenvalue weighted by molar-refractivity contribution is 5.63. The number of hydrogen-bond donors (Lipinski definition) is 3. The normalized spacial score (nSPS) is 16.8. The Morgan fingerprint density at radius 1 is 1.14 bits per heavy atom. The lowest BCUT2D eigenvalue weighted by atomic mass is 10.0. The van der Waals surface area contributed by atoms with Crippen LogP contribution in [-0.4, -0.2) is 27.5 Å². The van der Waals surface area contributed by atoms with E-state index >= 15 is 0 Å². The molecule has 6 heteroatoms. The van der Waals surface area contributed by atoms with Gasteiger partial charge in [-0.2, -0.15) is 4.98 Å². The highest BCUT2D eigenvalue weighted by atomic mass is 15.2. The third-order valence-corrected chi connectivity index (χ3v) is 3.78. The Morgan fingerprint density at radius 2 is 2.05 bits per heavy atom. The van der Waals surface area contributed by atoms with Crippen LogP contribution in [0.1, 0.15) is 24.8 Å². The molecule has 3 N–H and O–H groups in total. The number of nitrogens with zero attached hydrogens (tertiary/aromatic N) is 3. The monoisotopic (exact) mass is 282 g/mol. The first kappa shape index (κ1) is 12.4. The molecule has 1 aromatic heterocycles. The van der Waals surface area contributed by atoms with Crippen LogP contribution in [0.2, 0.25) is 0 Å². The highest BCUT2D eigenvalue weighted by Gasteiger charge is 2.22. The molecule has 2 aliphatic rings. The van der Waals surface area contributed by atoms with Gasteiger partial charge in [-0.1, -0.05) is 0 Å². The van der Waals surface area contributed by atoms with Crippen LogP contribution >= 0.6 is 0 Å². The van der Waals surface area contributed by atoms with Crippen LogP contribution in [0.25, 0.3) is 0 Å². The van der Waals surface area contributed by atoms with Gasteiger partial charge in [0.2, 0.25) is 11.9 Å². The van der Waals surface area contributed by atoms with E-state index in [0.717, 1.165) is 18.7 Å². The zero-order chi connectivity index (χ0) is 14.1. The molecule has 0 radical (unpaired) electrons. The lowest BCUT2D eigenvalue weighted by Crippen LogP contribution is -2.12. The molecule has 0 amide bonds. The molecule has 0 saturated heterocycles. The van der Waals surface area contributed by atoms with Crippen molar-refractivity contribution in [1.82, 2.24) is 15.0 Å². The average Bonchev–Trinajstić information content (AvgIpc) is 3.31. The van der Waals surface area contributed by atoms with Crippen molar-refractivity contribution >= 4 is 23.3 Å². The summed E-state index contributed by atoms with van der Waals surface area (Å²) in [4.78, 5) is 12.7. The number of benzene rings is 1. The number of fused-ring (bicyclic) bond motifs is 1. The van der Waals surface area contributed by atoms with Crippen LogP contribution < -0.4 is 16.0 Å². The fourth-order valence-corrected chi connectivity index (χ4v) is 2.52. The first-order valence-electron chi connectivity index (χ1n) is 7.46. The van der Waals surface area contributed by atoms with Crippen molar-refractivity contribution in [3.05, 3.63) is 30.1 Å². The van der Waals surface area contributed by atoms with Gasteiger partial charge < -0.3 is 16.0 Å². The van der Waals surface area contributed by atoms with E-state index in [1.54, 1.807) is 6.33 Å². The van der Waals surface area contributed by atoms with E-state index in [4.69, 9.17) is 0 Å².